The zero-order valence-corrected chi connectivity index (χ0v) is 12.5. The van der Waals surface area contributed by atoms with E-state index in [0.717, 1.165) is 12.8 Å². The zero-order chi connectivity index (χ0) is 13.9. The Morgan fingerprint density at radius 3 is 2.68 bits per heavy atom. The predicted octanol–water partition coefficient (Wildman–Crippen LogP) is 2.66. The molecule has 0 bridgehead atoms. The Labute approximate surface area is 117 Å². The van der Waals surface area contributed by atoms with Crippen molar-refractivity contribution in [3.63, 3.8) is 0 Å². The van der Waals surface area contributed by atoms with Crippen LogP contribution in [-0.4, -0.2) is 38.4 Å². The number of amides is 1. The second-order valence-electron chi connectivity index (χ2n) is 5.37. The number of ether oxygens (including phenoxy) is 2. The molecular weight excluding hydrogens is 242 g/mol. The van der Waals surface area contributed by atoms with Gasteiger partial charge in [-0.15, -0.1) is 0 Å². The highest BCUT2D eigenvalue weighted by molar-refractivity contribution is 5.75. The summed E-state index contributed by atoms with van der Waals surface area (Å²) >= 11 is 0. The average Bonchev–Trinajstić information content (AvgIpc) is 2.88. The first-order valence-corrected chi connectivity index (χ1v) is 7.67. The topological polar surface area (TPSA) is 47.6 Å². The quantitative estimate of drug-likeness (QED) is 0.621. The average molecular weight is 271 g/mol. The van der Waals surface area contributed by atoms with E-state index in [0.29, 0.717) is 19.6 Å². The van der Waals surface area contributed by atoms with E-state index in [9.17, 15) is 4.79 Å². The fourth-order valence-corrected chi connectivity index (χ4v) is 2.36. The van der Waals surface area contributed by atoms with Gasteiger partial charge in [0.15, 0.2) is 0 Å². The first kappa shape index (κ1) is 16.4. The van der Waals surface area contributed by atoms with Crippen molar-refractivity contribution in [1.82, 2.24) is 5.32 Å². The molecule has 0 spiro atoms. The van der Waals surface area contributed by atoms with Crippen LogP contribution in [0.5, 0.6) is 0 Å². The Hall–Kier alpha value is -0.610. The Morgan fingerprint density at radius 2 is 2.00 bits per heavy atom. The van der Waals surface area contributed by atoms with Crippen molar-refractivity contribution in [2.24, 2.45) is 0 Å². The molecule has 0 aromatic heterocycles. The predicted molar refractivity (Wildman–Crippen MR) is 76.2 cm³/mol. The summed E-state index contributed by atoms with van der Waals surface area (Å²) in [6.07, 6.45) is 9.14. The van der Waals surface area contributed by atoms with Gasteiger partial charge in [-0.05, 0) is 6.42 Å². The minimum Gasteiger partial charge on any atom is -0.379 e. The Kier molecular flexibility index (Phi) is 8.84. The molecular formula is C15H29NO3. The van der Waals surface area contributed by atoms with Gasteiger partial charge < -0.3 is 14.8 Å². The third-order valence-electron chi connectivity index (χ3n) is 3.66. The lowest BCUT2D eigenvalue weighted by Gasteiger charge is -2.10. The Morgan fingerprint density at radius 1 is 1.26 bits per heavy atom. The highest BCUT2D eigenvalue weighted by atomic mass is 16.5. The maximum Gasteiger partial charge on any atom is 0.220 e. The van der Waals surface area contributed by atoms with Crippen molar-refractivity contribution in [3.05, 3.63) is 0 Å². The summed E-state index contributed by atoms with van der Waals surface area (Å²) in [5, 5.41) is 2.95. The zero-order valence-electron chi connectivity index (χ0n) is 12.5. The molecule has 0 unspecified atom stereocenters. The smallest absolute Gasteiger partial charge is 0.220 e. The molecule has 1 saturated heterocycles. The van der Waals surface area contributed by atoms with Gasteiger partial charge in [0, 0.05) is 26.5 Å². The third-order valence-corrected chi connectivity index (χ3v) is 3.66. The van der Waals surface area contributed by atoms with Gasteiger partial charge in [-0.3, -0.25) is 4.79 Å². The van der Waals surface area contributed by atoms with Gasteiger partial charge in [0.2, 0.25) is 5.91 Å². The summed E-state index contributed by atoms with van der Waals surface area (Å²) in [6.45, 7) is 3.48. The molecule has 1 amide bonds. The highest BCUT2D eigenvalue weighted by Crippen LogP contribution is 2.14. The number of rotatable bonds is 10. The maximum atomic E-state index is 11.6. The fourth-order valence-electron chi connectivity index (χ4n) is 2.36. The molecule has 0 radical (unpaired) electrons. The van der Waals surface area contributed by atoms with Gasteiger partial charge in [-0.1, -0.05) is 39.0 Å². The van der Waals surface area contributed by atoms with Crippen molar-refractivity contribution in [2.75, 3.05) is 20.3 Å². The number of carbonyl (C=O) groups excluding carboxylic acids is 1. The van der Waals surface area contributed by atoms with E-state index in [1.807, 2.05) is 0 Å². The molecule has 1 N–H and O–H groups in total. The minimum absolute atomic E-state index is 0.124. The summed E-state index contributed by atoms with van der Waals surface area (Å²) in [6, 6.07) is 0. The molecule has 1 rings (SSSR count). The number of nitrogens with one attached hydrogen (secondary N) is 1. The van der Waals surface area contributed by atoms with Crippen LogP contribution in [0.4, 0.5) is 0 Å². The lowest BCUT2D eigenvalue weighted by atomic mass is 10.1. The van der Waals surface area contributed by atoms with Crippen LogP contribution in [0.2, 0.25) is 0 Å². The monoisotopic (exact) mass is 271 g/mol. The molecule has 1 fully saturated rings. The molecule has 19 heavy (non-hydrogen) atoms. The van der Waals surface area contributed by atoms with Crippen LogP contribution < -0.4 is 5.32 Å². The number of hydrogen-bond donors (Lipinski definition) is 1. The van der Waals surface area contributed by atoms with Crippen molar-refractivity contribution < 1.29 is 14.3 Å². The number of hydrogen-bond acceptors (Lipinski definition) is 3. The first-order chi connectivity index (χ1) is 9.26. The van der Waals surface area contributed by atoms with Crippen LogP contribution in [0, 0.1) is 0 Å². The van der Waals surface area contributed by atoms with E-state index in [4.69, 9.17) is 9.47 Å². The van der Waals surface area contributed by atoms with Crippen molar-refractivity contribution in [2.45, 2.75) is 70.5 Å². The lowest BCUT2D eigenvalue weighted by molar-refractivity contribution is -0.121. The molecule has 1 heterocycles. The van der Waals surface area contributed by atoms with Gasteiger partial charge in [-0.25, -0.2) is 0 Å². The number of unbranched alkanes of at least 4 members (excludes halogenated alkanes) is 5. The number of carbonyl (C=O) groups is 1. The Bertz CT molecular complexity index is 246. The molecule has 4 heteroatoms. The molecule has 0 aliphatic carbocycles. The maximum absolute atomic E-state index is 11.6. The van der Waals surface area contributed by atoms with Crippen LogP contribution in [0.15, 0.2) is 0 Å². The van der Waals surface area contributed by atoms with Gasteiger partial charge in [0.1, 0.15) is 0 Å². The van der Waals surface area contributed by atoms with Gasteiger partial charge >= 0.3 is 0 Å². The van der Waals surface area contributed by atoms with E-state index in [2.05, 4.69) is 12.2 Å². The molecule has 1 aliphatic rings. The first-order valence-electron chi connectivity index (χ1n) is 7.67. The van der Waals surface area contributed by atoms with E-state index in [1.54, 1.807) is 7.11 Å². The second kappa shape index (κ2) is 10.2. The van der Waals surface area contributed by atoms with Crippen molar-refractivity contribution in [1.29, 1.82) is 0 Å². The van der Waals surface area contributed by atoms with Crippen molar-refractivity contribution >= 4 is 5.91 Å². The van der Waals surface area contributed by atoms with E-state index in [1.165, 1.54) is 32.1 Å². The fraction of sp³-hybridized carbons (Fsp3) is 0.933. The SMILES string of the molecule is CCCCCCCCC(=O)NC[C@H]1C[C@H](OC)CO1. The molecule has 0 saturated carbocycles. The van der Waals surface area contributed by atoms with Gasteiger partial charge in [0.05, 0.1) is 18.8 Å². The highest BCUT2D eigenvalue weighted by Gasteiger charge is 2.25. The Balaban J connectivity index is 1.93. The van der Waals surface area contributed by atoms with Crippen LogP contribution in [0.1, 0.15) is 58.3 Å². The molecule has 0 aromatic carbocycles. The summed E-state index contributed by atoms with van der Waals surface area (Å²) < 4.78 is 10.8. The van der Waals surface area contributed by atoms with E-state index >= 15 is 0 Å². The molecule has 112 valence electrons. The van der Waals surface area contributed by atoms with Crippen LogP contribution in [-0.2, 0) is 14.3 Å². The minimum atomic E-state index is 0.124. The second-order valence-corrected chi connectivity index (χ2v) is 5.37. The van der Waals surface area contributed by atoms with Gasteiger partial charge in [-0.2, -0.15) is 0 Å². The normalized spacial score (nSPS) is 22.6. The van der Waals surface area contributed by atoms with Crippen LogP contribution in [0.3, 0.4) is 0 Å². The van der Waals surface area contributed by atoms with Gasteiger partial charge in [0.25, 0.3) is 0 Å². The third kappa shape index (κ3) is 7.53. The number of methoxy groups -OCH3 is 1. The summed E-state index contributed by atoms with van der Waals surface area (Å²) in [4.78, 5) is 11.6. The molecule has 4 nitrogen and oxygen atoms in total. The molecule has 2 atom stereocenters. The molecule has 1 aliphatic heterocycles. The molecule has 0 aromatic rings. The van der Waals surface area contributed by atoms with Crippen LogP contribution >= 0.6 is 0 Å². The summed E-state index contributed by atoms with van der Waals surface area (Å²) in [5.41, 5.74) is 0. The van der Waals surface area contributed by atoms with Crippen LogP contribution in [0.25, 0.3) is 0 Å². The van der Waals surface area contributed by atoms with E-state index in [-0.39, 0.29) is 18.1 Å². The standard InChI is InChI=1S/C15H29NO3/c1-3-4-5-6-7-8-9-15(17)16-11-13-10-14(18-2)12-19-13/h13-14H,3-12H2,1-2H3,(H,16,17)/t13-,14+/m1/s1. The summed E-state index contributed by atoms with van der Waals surface area (Å²) in [5.74, 6) is 0.153. The summed E-state index contributed by atoms with van der Waals surface area (Å²) in [7, 11) is 1.70. The van der Waals surface area contributed by atoms with E-state index < -0.39 is 0 Å². The lowest BCUT2D eigenvalue weighted by Crippen LogP contribution is -2.31. The largest absolute Gasteiger partial charge is 0.379 e. The van der Waals surface area contributed by atoms with Crippen molar-refractivity contribution in [3.8, 4) is 0 Å².